The van der Waals surface area contributed by atoms with E-state index in [1.807, 2.05) is 30.3 Å². The molecule has 5 N–H and O–H groups in total. The Morgan fingerprint density at radius 3 is 2.50 bits per heavy atom. The Morgan fingerprint density at radius 1 is 1.33 bits per heavy atom. The minimum atomic E-state index is -4.60. The summed E-state index contributed by atoms with van der Waals surface area (Å²) in [6, 6.07) is 8.11. The fourth-order valence-corrected chi connectivity index (χ4v) is 3.49. The van der Waals surface area contributed by atoms with Crippen LogP contribution in [0.2, 0.25) is 0 Å². The fourth-order valence-electron chi connectivity index (χ4n) is 2.45. The van der Waals surface area contributed by atoms with E-state index >= 15 is 0 Å². The topological polar surface area (TPSA) is 130 Å². The largest absolute Gasteiger partial charge is 0.489 e. The number of carbonyl (C=O) groups is 1. The van der Waals surface area contributed by atoms with Gasteiger partial charge in [0.2, 0.25) is 0 Å². The van der Waals surface area contributed by atoms with Gasteiger partial charge in [-0.25, -0.2) is 0 Å². The van der Waals surface area contributed by atoms with E-state index in [0.29, 0.717) is 12.4 Å². The van der Waals surface area contributed by atoms with Crippen LogP contribution in [0.4, 0.5) is 0 Å². The van der Waals surface area contributed by atoms with Crippen LogP contribution in [-0.2, 0) is 20.7 Å². The number of allylic oxidation sites excluding steroid dienone is 3. The number of benzene rings is 1. The first-order valence-corrected chi connectivity index (χ1v) is 8.95. The number of ether oxygens (including phenoxy) is 1. The lowest BCUT2D eigenvalue weighted by Gasteiger charge is -2.33. The van der Waals surface area contributed by atoms with E-state index in [2.05, 4.69) is 0 Å². The number of nitrogens with two attached hydrogens (primary N) is 1. The molecule has 0 saturated carbocycles. The van der Waals surface area contributed by atoms with Gasteiger partial charge in [0.25, 0.3) is 0 Å². The van der Waals surface area contributed by atoms with Gasteiger partial charge in [0.05, 0.1) is 5.16 Å². The highest BCUT2D eigenvalue weighted by Crippen LogP contribution is 2.57. The summed E-state index contributed by atoms with van der Waals surface area (Å²) < 4.78 is 17.5. The molecule has 1 aromatic carbocycles. The van der Waals surface area contributed by atoms with Crippen molar-refractivity contribution in [2.75, 3.05) is 0 Å². The number of aliphatic carboxylic acids is 1. The first kappa shape index (κ1) is 18.4. The normalized spacial score (nSPS) is 21.9. The van der Waals surface area contributed by atoms with E-state index in [0.717, 1.165) is 5.56 Å². The Hall–Kier alpha value is -1.92. The summed E-state index contributed by atoms with van der Waals surface area (Å²) >= 11 is 0. The molecule has 7 nitrogen and oxygen atoms in total. The quantitative estimate of drug-likeness (QED) is 0.550. The third-order valence-electron chi connectivity index (χ3n) is 3.93. The Balaban J connectivity index is 2.08. The zero-order valence-corrected chi connectivity index (χ0v) is 13.8. The number of rotatable bonds is 7. The second-order valence-corrected chi connectivity index (χ2v) is 7.69. The highest BCUT2D eigenvalue weighted by Gasteiger charge is 2.47. The molecule has 0 saturated heterocycles. The summed E-state index contributed by atoms with van der Waals surface area (Å²) in [5.74, 6) is -0.821. The third kappa shape index (κ3) is 4.33. The number of carboxylic acid groups (broad SMARTS) is 1. The Morgan fingerprint density at radius 2 is 2.00 bits per heavy atom. The maximum Gasteiger partial charge on any atom is 0.335 e. The summed E-state index contributed by atoms with van der Waals surface area (Å²) in [7, 11) is -4.60. The van der Waals surface area contributed by atoms with Crippen molar-refractivity contribution in [2.24, 2.45) is 5.73 Å². The van der Waals surface area contributed by atoms with Crippen LogP contribution in [0.15, 0.2) is 54.3 Å². The molecule has 0 spiro atoms. The Bertz CT molecular complexity index is 696. The summed E-state index contributed by atoms with van der Waals surface area (Å²) in [5.41, 5.74) is 6.43. The van der Waals surface area contributed by atoms with Gasteiger partial charge in [0.1, 0.15) is 18.4 Å². The SMILES string of the molecule is N[C@@H](CC1(P(=O)(O)O)C=CC(OCc2ccccc2)=CC1)C(=O)O. The van der Waals surface area contributed by atoms with Gasteiger partial charge in [-0.1, -0.05) is 36.4 Å². The lowest BCUT2D eigenvalue weighted by atomic mass is 9.92. The minimum absolute atomic E-state index is 0.0428. The molecule has 130 valence electrons. The number of hydrogen-bond acceptors (Lipinski definition) is 4. The van der Waals surface area contributed by atoms with E-state index in [1.54, 1.807) is 6.08 Å². The highest BCUT2D eigenvalue weighted by molar-refractivity contribution is 7.53. The lowest BCUT2D eigenvalue weighted by Crippen LogP contribution is -2.40. The number of carboxylic acids is 1. The van der Waals surface area contributed by atoms with Crippen molar-refractivity contribution < 1.29 is 29.0 Å². The molecule has 0 aromatic heterocycles. The van der Waals surface area contributed by atoms with Gasteiger partial charge in [-0.2, -0.15) is 0 Å². The van der Waals surface area contributed by atoms with Gasteiger partial charge in [-0.05, 0) is 30.6 Å². The van der Waals surface area contributed by atoms with Crippen LogP contribution in [0.1, 0.15) is 18.4 Å². The first-order valence-electron chi connectivity index (χ1n) is 7.34. The van der Waals surface area contributed by atoms with Crippen molar-refractivity contribution in [2.45, 2.75) is 30.6 Å². The third-order valence-corrected chi connectivity index (χ3v) is 5.61. The van der Waals surface area contributed by atoms with Crippen molar-refractivity contribution in [3.05, 3.63) is 59.9 Å². The monoisotopic (exact) mass is 353 g/mol. The van der Waals surface area contributed by atoms with Crippen molar-refractivity contribution in [1.82, 2.24) is 0 Å². The van der Waals surface area contributed by atoms with Crippen LogP contribution in [0, 0.1) is 0 Å². The van der Waals surface area contributed by atoms with Gasteiger partial charge in [-0.3, -0.25) is 9.36 Å². The zero-order chi connectivity index (χ0) is 17.8. The molecule has 2 rings (SSSR count). The molecule has 1 unspecified atom stereocenters. The molecule has 0 heterocycles. The van der Waals surface area contributed by atoms with Crippen LogP contribution in [0.5, 0.6) is 0 Å². The summed E-state index contributed by atoms with van der Waals surface area (Å²) in [5, 5.41) is 7.29. The van der Waals surface area contributed by atoms with Crippen LogP contribution in [0.25, 0.3) is 0 Å². The van der Waals surface area contributed by atoms with Crippen LogP contribution in [-0.4, -0.2) is 32.1 Å². The van der Waals surface area contributed by atoms with Gasteiger partial charge in [0, 0.05) is 0 Å². The van der Waals surface area contributed by atoms with Crippen molar-refractivity contribution in [1.29, 1.82) is 0 Å². The molecule has 0 radical (unpaired) electrons. The average Bonchev–Trinajstić information content (AvgIpc) is 2.54. The van der Waals surface area contributed by atoms with Gasteiger partial charge in [-0.15, -0.1) is 0 Å². The van der Waals surface area contributed by atoms with Crippen LogP contribution >= 0.6 is 7.60 Å². The molecule has 2 atom stereocenters. The van der Waals surface area contributed by atoms with Crippen molar-refractivity contribution >= 4 is 13.6 Å². The standard InChI is InChI=1S/C16H20NO6P/c17-14(15(18)19)10-16(24(20,21)22)8-6-13(7-9-16)23-11-12-4-2-1-3-5-12/h1-8,14H,9-11,17H2,(H,18,19)(H2,20,21,22)/t14-,16?/m0/s1. The van der Waals surface area contributed by atoms with Crippen LogP contribution < -0.4 is 5.73 Å². The van der Waals surface area contributed by atoms with E-state index in [-0.39, 0.29) is 12.8 Å². The molecule has 1 aromatic rings. The summed E-state index contributed by atoms with van der Waals surface area (Å²) in [6.45, 7) is 0.328. The summed E-state index contributed by atoms with van der Waals surface area (Å²) in [4.78, 5) is 30.2. The fraction of sp³-hybridized carbons (Fsp3) is 0.312. The molecule has 1 aliphatic carbocycles. The Labute approximate surface area is 139 Å². The van der Waals surface area contributed by atoms with Gasteiger partial charge in [0.15, 0.2) is 0 Å². The number of hydrogen-bond donors (Lipinski definition) is 4. The predicted octanol–water partition coefficient (Wildman–Crippen LogP) is 1.77. The predicted molar refractivity (Wildman–Crippen MR) is 88.1 cm³/mol. The van der Waals surface area contributed by atoms with Gasteiger partial charge < -0.3 is 25.4 Å². The molecule has 0 amide bonds. The molecular weight excluding hydrogens is 333 g/mol. The molecule has 0 aliphatic heterocycles. The van der Waals surface area contributed by atoms with E-state index in [4.69, 9.17) is 15.6 Å². The first-order chi connectivity index (χ1) is 11.2. The average molecular weight is 353 g/mol. The van der Waals surface area contributed by atoms with Crippen LogP contribution in [0.3, 0.4) is 0 Å². The van der Waals surface area contributed by atoms with E-state index < -0.39 is 24.8 Å². The molecule has 0 bridgehead atoms. The Kier molecular flexibility index (Phi) is 5.62. The highest BCUT2D eigenvalue weighted by atomic mass is 31.2. The lowest BCUT2D eigenvalue weighted by molar-refractivity contribution is -0.138. The van der Waals surface area contributed by atoms with Crippen molar-refractivity contribution in [3.8, 4) is 0 Å². The minimum Gasteiger partial charge on any atom is -0.489 e. The molecule has 8 heteroatoms. The maximum atomic E-state index is 11.9. The van der Waals surface area contributed by atoms with E-state index in [1.165, 1.54) is 12.2 Å². The molecule has 1 aliphatic rings. The molecule has 0 fully saturated rings. The maximum absolute atomic E-state index is 11.9. The molecular formula is C16H20NO6P. The second-order valence-electron chi connectivity index (χ2n) is 5.71. The molecule has 24 heavy (non-hydrogen) atoms. The summed E-state index contributed by atoms with van der Waals surface area (Å²) in [6.07, 6.45) is 3.93. The smallest absolute Gasteiger partial charge is 0.335 e. The second kappa shape index (κ2) is 7.32. The van der Waals surface area contributed by atoms with Gasteiger partial charge >= 0.3 is 13.6 Å². The zero-order valence-electron chi connectivity index (χ0n) is 12.9. The van der Waals surface area contributed by atoms with Crippen molar-refractivity contribution in [3.63, 3.8) is 0 Å². The van der Waals surface area contributed by atoms with E-state index in [9.17, 15) is 19.1 Å².